The van der Waals surface area contributed by atoms with Gasteiger partial charge in [-0.3, -0.25) is 34.0 Å². The van der Waals surface area contributed by atoms with Crippen LogP contribution in [0.2, 0.25) is 0 Å². The molecule has 8 heterocycles. The quantitative estimate of drug-likeness (QED) is 0.00560. The molecule has 0 radical (unpaired) electrons. The fourth-order valence-corrected chi connectivity index (χ4v) is 21.9. The molecule has 0 spiro atoms. The van der Waals surface area contributed by atoms with E-state index in [0.717, 1.165) is 95.4 Å². The van der Waals surface area contributed by atoms with Gasteiger partial charge in [-0.1, -0.05) is 194 Å². The summed E-state index contributed by atoms with van der Waals surface area (Å²) in [5.41, 5.74) is 23.2. The predicted molar refractivity (Wildman–Crippen MR) is 591 cm³/mol. The smallest absolute Gasteiger partial charge is 0.407 e. The molecule has 0 bridgehead atoms. The average molecular weight is 2200 g/mol. The number of methoxy groups -OCH3 is 4. The molecular weight excluding hydrogens is 2080 g/mol. The summed E-state index contributed by atoms with van der Waals surface area (Å²) in [6.45, 7) is 0. The number of carbonyl (C=O) groups excluding carboxylic acids is 8. The number of nitrogens with one attached hydrogen (secondary N) is 10. The molecule has 0 fully saturated rings. The maximum atomic E-state index is 13.5. The number of nitrogens with zero attached hydrogens (tertiary/aromatic N) is 5. The molecule has 8 aromatic carbocycles. The highest BCUT2D eigenvalue weighted by molar-refractivity contribution is 7.87. The SMILES string of the molecule is COC(=O)N[C@@H](Cc1ccccc1)C(=O)N[C@@H](Cc1ccc(N)cc1)c1csc(-c2cccs2)n1.COC(=O)N[C@@H](Cc1ccccc1)C(=O)N[C@@H](Cc1ccc(N)cc1)c1csc(-c2cccs2)n1.COC(=O)N[C@@H](Cc1ccccc1)C(=O)N[C@@H](Cc1ccc(NS(=O)(=O)[O-])cc1)c1csc(-c2cccs2)n1.COC(=O)N[C@@H](Cc1ccccc1)C(=O)N[C@@H](Cc1ccc([N+](=O)[O-])cc1)c1csc(-c2cccs2)n1.C[NH+](C)C. The molecule has 0 unspecified atom stereocenters. The molecule has 8 aromatic heterocycles. The molecular formula is C107H111N17O17S9. The highest BCUT2D eigenvalue weighted by atomic mass is 32.2. The van der Waals surface area contributed by atoms with E-state index in [1.807, 2.05) is 266 Å². The lowest BCUT2D eigenvalue weighted by Gasteiger charge is -2.23. The number of nitrogen functional groups attached to an aromatic ring is 2. The second-order valence-electron chi connectivity index (χ2n) is 34.0. The molecule has 43 heteroatoms. The molecule has 8 atom stereocenters. The number of thiophene rings is 4. The van der Waals surface area contributed by atoms with E-state index in [2.05, 4.69) is 63.7 Å². The maximum Gasteiger partial charge on any atom is 0.407 e. The van der Waals surface area contributed by atoms with E-state index in [1.54, 1.807) is 69.6 Å². The molecule has 16 rings (SSSR count). The van der Waals surface area contributed by atoms with Crippen molar-refractivity contribution in [2.75, 3.05) is 65.8 Å². The monoisotopic (exact) mass is 2190 g/mol. The summed E-state index contributed by atoms with van der Waals surface area (Å²) in [6, 6.07) is 75.8. The fourth-order valence-electron chi connectivity index (χ4n) is 14.7. The van der Waals surface area contributed by atoms with Crippen LogP contribution < -0.4 is 63.6 Å². The number of alkyl carbamates (subject to hydrolysis) is 4. The number of carbonyl (C=O) groups is 8. The number of nitrogens with two attached hydrogens (primary N) is 2. The Morgan fingerprint density at radius 1 is 0.320 bits per heavy atom. The lowest BCUT2D eigenvalue weighted by atomic mass is 10.0. The topological polar surface area (TPSA) is 490 Å². The van der Waals surface area contributed by atoms with Gasteiger partial charge in [-0.2, -0.15) is 0 Å². The minimum atomic E-state index is -4.65. The summed E-state index contributed by atoms with van der Waals surface area (Å²) in [7, 11) is 6.63. The number of rotatable bonds is 39. The zero-order chi connectivity index (χ0) is 107. The van der Waals surface area contributed by atoms with Gasteiger partial charge in [0.1, 0.15) is 44.2 Å². The number of benzene rings is 8. The average Bonchev–Trinajstić information content (AvgIpc) is 1.68. The van der Waals surface area contributed by atoms with E-state index in [-0.39, 0.29) is 36.0 Å². The zero-order valence-corrected chi connectivity index (χ0v) is 89.7. The van der Waals surface area contributed by atoms with E-state index in [0.29, 0.717) is 61.3 Å². The highest BCUT2D eigenvalue weighted by Crippen LogP contribution is 2.37. The van der Waals surface area contributed by atoms with Crippen LogP contribution >= 0.6 is 90.7 Å². The Labute approximate surface area is 899 Å². The Bertz CT molecular complexity index is 6840. The van der Waals surface area contributed by atoms with Crippen LogP contribution in [0.25, 0.3) is 39.5 Å². The highest BCUT2D eigenvalue weighted by Gasteiger charge is 2.33. The van der Waals surface area contributed by atoms with Crippen molar-refractivity contribution in [2.24, 2.45) is 0 Å². The van der Waals surface area contributed by atoms with Crippen molar-refractivity contribution in [3.8, 4) is 39.5 Å². The van der Waals surface area contributed by atoms with Crippen molar-refractivity contribution >= 4 is 172 Å². The van der Waals surface area contributed by atoms with E-state index in [1.165, 1.54) is 103 Å². The van der Waals surface area contributed by atoms with Gasteiger partial charge in [-0.25, -0.2) is 47.5 Å². The van der Waals surface area contributed by atoms with Crippen LogP contribution in [0.15, 0.2) is 310 Å². The second kappa shape index (κ2) is 57.9. The number of anilines is 3. The maximum absolute atomic E-state index is 13.5. The van der Waals surface area contributed by atoms with Gasteiger partial charge in [0.05, 0.1) is 121 Å². The number of thiazole rings is 4. The number of ether oxygens (including phenoxy) is 4. The van der Waals surface area contributed by atoms with E-state index in [4.69, 9.17) is 50.4 Å². The minimum absolute atomic E-state index is 0.0109. The Hall–Kier alpha value is -15.3. The summed E-state index contributed by atoms with van der Waals surface area (Å²) < 4.78 is 53.9. The fraction of sp³-hybridized carbons (Fsp3) is 0.215. The van der Waals surface area contributed by atoms with Gasteiger partial charge in [0.25, 0.3) is 5.69 Å². The van der Waals surface area contributed by atoms with Gasteiger partial charge in [-0.05, 0) is 152 Å². The number of hydrogen-bond acceptors (Lipinski definition) is 31. The van der Waals surface area contributed by atoms with Crippen LogP contribution in [0.1, 0.15) is 91.5 Å². The van der Waals surface area contributed by atoms with Gasteiger partial charge in [0.2, 0.25) is 23.6 Å². The third kappa shape index (κ3) is 36.9. The van der Waals surface area contributed by atoms with Crippen LogP contribution in [-0.2, 0) is 99.8 Å². The zero-order valence-electron chi connectivity index (χ0n) is 82.3. The largest absolute Gasteiger partial charge is 0.731 e. The van der Waals surface area contributed by atoms with Crippen molar-refractivity contribution in [1.82, 2.24) is 62.5 Å². The molecule has 780 valence electrons. The summed E-state index contributed by atoms with van der Waals surface area (Å²) in [5.74, 6) is -1.45. The first kappa shape index (κ1) is 113. The summed E-state index contributed by atoms with van der Waals surface area (Å²) in [4.78, 5) is 137. The van der Waals surface area contributed by atoms with Crippen molar-refractivity contribution in [3.05, 3.63) is 387 Å². The standard InChI is InChI=1S/C26H26N4O6S3.C26H24N4O5S2.2C26H26N4O3S2.C3H9N/c1-36-26(32)29-21(15-17-6-3-2-4-7-17)24(31)27-20(22-16-38-25(28-22)23-8-5-13-37-23)14-18-9-11-19(12-10-18)30-39(33,34)35;1-35-26(32)29-21(15-17-6-3-2-4-7-17)24(31)27-20(14-18-9-11-19(12-10-18)30(33)34)22-16-37-25(28-22)23-8-5-13-36-23;2*1-33-26(32)30-21(15-17-6-3-2-4-7-17)24(31)28-20(14-18-9-11-19(27)12-10-18)22-16-35-25(29-22)23-8-5-13-34-23;1-4(2)3/h2-13,16,20-21,30H,14-15H2,1H3,(H,27,31)(H,29,32)(H,33,34,35);2-13,16,20-21H,14-15H2,1H3,(H,27,31)(H,29,32);2*2-13,16,20-21H,14-15,27H2,1H3,(H,28,31)(H,30,32);1-3H3/t4*20-,21-;/m0000./s1. The van der Waals surface area contributed by atoms with Gasteiger partial charge >= 0.3 is 24.4 Å². The Balaban J connectivity index is 0.000000175. The van der Waals surface area contributed by atoms with E-state index in [9.17, 15) is 61.4 Å². The van der Waals surface area contributed by atoms with Crippen LogP contribution in [0, 0.1) is 10.1 Å². The van der Waals surface area contributed by atoms with Gasteiger partial charge in [0, 0.05) is 76.4 Å². The van der Waals surface area contributed by atoms with Crippen LogP contribution in [0.5, 0.6) is 0 Å². The summed E-state index contributed by atoms with van der Waals surface area (Å²) in [6.07, 6.45) is 0.125. The Kier molecular flexibility index (Phi) is 43.8. The summed E-state index contributed by atoms with van der Waals surface area (Å²) in [5, 5.41) is 53.0. The van der Waals surface area contributed by atoms with Gasteiger partial charge < -0.3 is 82.4 Å². The van der Waals surface area contributed by atoms with Crippen molar-refractivity contribution in [2.45, 2.75) is 99.7 Å². The van der Waals surface area contributed by atoms with E-state index < -0.39 is 99.7 Å². The predicted octanol–water partition coefficient (Wildman–Crippen LogP) is 17.7. The number of nitro benzene ring substituents is 1. The van der Waals surface area contributed by atoms with Crippen molar-refractivity contribution in [3.63, 3.8) is 0 Å². The summed E-state index contributed by atoms with van der Waals surface area (Å²) >= 11 is 12.4. The number of non-ortho nitro benzene ring substituents is 1. The molecule has 0 aliphatic rings. The van der Waals surface area contributed by atoms with Gasteiger partial charge in [0.15, 0.2) is 10.3 Å². The van der Waals surface area contributed by atoms with E-state index >= 15 is 0 Å². The number of hydrogen-bond donors (Lipinski definition) is 12. The third-order valence-electron chi connectivity index (χ3n) is 22.1. The number of nitro groups is 1. The molecule has 0 saturated heterocycles. The normalized spacial score (nSPS) is 12.4. The molecule has 34 nitrogen and oxygen atoms in total. The first-order valence-electron chi connectivity index (χ1n) is 46.6. The number of amides is 8. The molecule has 0 aliphatic carbocycles. The Morgan fingerprint density at radius 2 is 0.540 bits per heavy atom. The lowest BCUT2D eigenvalue weighted by Crippen LogP contribution is -3.02. The Morgan fingerprint density at radius 3 is 0.747 bits per heavy atom. The first-order valence-corrected chi connectivity index (χ1v) is 55.1. The van der Waals surface area contributed by atoms with Crippen molar-refractivity contribution < 1.29 is 80.1 Å². The first-order chi connectivity index (χ1) is 72.4. The number of aromatic nitrogens is 4. The molecule has 0 aliphatic heterocycles. The molecule has 150 heavy (non-hydrogen) atoms. The lowest BCUT2D eigenvalue weighted by molar-refractivity contribution is -0.836. The molecule has 0 saturated carbocycles. The van der Waals surface area contributed by atoms with Gasteiger partial charge in [-0.15, -0.1) is 90.7 Å². The van der Waals surface area contributed by atoms with Crippen molar-refractivity contribution in [1.29, 1.82) is 0 Å². The van der Waals surface area contributed by atoms with Crippen LogP contribution in [0.4, 0.5) is 41.9 Å². The van der Waals surface area contributed by atoms with Crippen LogP contribution in [0.3, 0.4) is 0 Å². The second-order valence-corrected chi connectivity index (χ2v) is 42.3. The third-order valence-corrected chi connectivity index (χ3v) is 30.2. The minimum Gasteiger partial charge on any atom is -0.731 e. The van der Waals surface area contributed by atoms with Crippen LogP contribution in [-0.4, -0.2) is 160 Å². The molecule has 16 aromatic rings. The number of quaternary nitrogens is 1. The molecule has 8 amide bonds. The molecule has 14 N–H and O–H groups in total.